The highest BCUT2D eigenvalue weighted by molar-refractivity contribution is 6.32. The van der Waals surface area contributed by atoms with E-state index in [0.717, 1.165) is 19.5 Å². The van der Waals surface area contributed by atoms with Crippen LogP contribution in [0.5, 0.6) is 0 Å². The number of nitrogens with one attached hydrogen (secondary N) is 2. The molecular weight excluding hydrogens is 264 g/mol. The quantitative estimate of drug-likeness (QED) is 0.827. The molecule has 0 fully saturated rings. The van der Waals surface area contributed by atoms with Crippen LogP contribution in [-0.2, 0) is 0 Å². The molecule has 0 aromatic carbocycles. The van der Waals surface area contributed by atoms with E-state index < -0.39 is 0 Å². The van der Waals surface area contributed by atoms with E-state index in [1.165, 1.54) is 10.3 Å². The Morgan fingerprint density at radius 1 is 1.58 bits per heavy atom. The van der Waals surface area contributed by atoms with E-state index in [0.29, 0.717) is 12.2 Å². The summed E-state index contributed by atoms with van der Waals surface area (Å²) in [5.41, 5.74) is 1.67. The zero-order valence-corrected chi connectivity index (χ0v) is 12.0. The Labute approximate surface area is 117 Å². The van der Waals surface area contributed by atoms with E-state index in [1.54, 1.807) is 6.20 Å². The van der Waals surface area contributed by atoms with Gasteiger partial charge in [0.1, 0.15) is 5.02 Å². The first kappa shape index (κ1) is 14.1. The summed E-state index contributed by atoms with van der Waals surface area (Å²) in [4.78, 5) is 12.0. The largest absolute Gasteiger partial charge is 0.379 e. The second-order valence-electron chi connectivity index (χ2n) is 4.89. The van der Waals surface area contributed by atoms with Crippen molar-refractivity contribution in [2.75, 3.05) is 25.0 Å². The fourth-order valence-electron chi connectivity index (χ4n) is 1.97. The maximum atomic E-state index is 12.0. The van der Waals surface area contributed by atoms with Gasteiger partial charge in [-0.3, -0.25) is 4.79 Å². The fraction of sp³-hybridized carbons (Fsp3) is 0.538. The number of halogens is 1. The Kier molecular flexibility index (Phi) is 4.61. The minimum absolute atomic E-state index is 0.00572. The topological polar surface area (TPSA) is 59.0 Å². The van der Waals surface area contributed by atoms with Gasteiger partial charge in [-0.25, -0.2) is 4.68 Å². The molecule has 1 aliphatic heterocycles. The molecule has 0 bridgehead atoms. The molecule has 5 nitrogen and oxygen atoms in total. The molecule has 2 rings (SSSR count). The third-order valence-corrected chi connectivity index (χ3v) is 3.46. The summed E-state index contributed by atoms with van der Waals surface area (Å²) in [5.74, 6) is 0. The van der Waals surface area contributed by atoms with Gasteiger partial charge >= 0.3 is 0 Å². The van der Waals surface area contributed by atoms with Crippen LogP contribution in [0.1, 0.15) is 26.3 Å². The minimum Gasteiger partial charge on any atom is -0.379 e. The predicted octanol–water partition coefficient (Wildman–Crippen LogP) is 1.81. The van der Waals surface area contributed by atoms with Crippen LogP contribution in [0.15, 0.2) is 22.6 Å². The molecule has 1 aliphatic rings. The van der Waals surface area contributed by atoms with Crippen LogP contribution in [0.2, 0.25) is 5.02 Å². The van der Waals surface area contributed by atoms with Gasteiger partial charge in [-0.2, -0.15) is 5.10 Å². The smallest absolute Gasteiger partial charge is 0.287 e. The Morgan fingerprint density at radius 3 is 3.00 bits per heavy atom. The van der Waals surface area contributed by atoms with E-state index in [-0.39, 0.29) is 16.6 Å². The van der Waals surface area contributed by atoms with Gasteiger partial charge in [0.15, 0.2) is 0 Å². The molecule has 0 amide bonds. The molecule has 0 spiro atoms. The molecule has 0 aliphatic carbocycles. The molecular formula is C13H19ClN4O. The molecule has 2 heterocycles. The molecule has 6 heteroatoms. The van der Waals surface area contributed by atoms with Crippen LogP contribution in [0.25, 0.3) is 0 Å². The van der Waals surface area contributed by atoms with Crippen LogP contribution in [0.3, 0.4) is 0 Å². The van der Waals surface area contributed by atoms with Crippen LogP contribution in [0.4, 0.5) is 5.69 Å². The molecule has 0 atom stereocenters. The molecule has 0 saturated heterocycles. The Morgan fingerprint density at radius 2 is 2.37 bits per heavy atom. The zero-order chi connectivity index (χ0) is 13.8. The summed E-state index contributed by atoms with van der Waals surface area (Å²) < 4.78 is 1.39. The normalized spacial score (nSPS) is 15.5. The van der Waals surface area contributed by atoms with Crippen molar-refractivity contribution in [2.45, 2.75) is 26.3 Å². The lowest BCUT2D eigenvalue weighted by Crippen LogP contribution is -2.26. The summed E-state index contributed by atoms with van der Waals surface area (Å²) in [6.45, 7) is 6.40. The zero-order valence-electron chi connectivity index (χ0n) is 11.2. The van der Waals surface area contributed by atoms with E-state index >= 15 is 0 Å². The van der Waals surface area contributed by atoms with E-state index in [2.05, 4.69) is 21.8 Å². The summed E-state index contributed by atoms with van der Waals surface area (Å²) in [5, 5.41) is 10.8. The van der Waals surface area contributed by atoms with Crippen molar-refractivity contribution in [2.24, 2.45) is 0 Å². The summed E-state index contributed by atoms with van der Waals surface area (Å²) in [6, 6.07) is 0.00572. The molecule has 2 N–H and O–H groups in total. The summed E-state index contributed by atoms with van der Waals surface area (Å²) in [7, 11) is 0. The highest BCUT2D eigenvalue weighted by Crippen LogP contribution is 2.17. The van der Waals surface area contributed by atoms with E-state index in [4.69, 9.17) is 11.6 Å². The molecule has 104 valence electrons. The molecule has 0 radical (unpaired) electrons. The second kappa shape index (κ2) is 6.21. The van der Waals surface area contributed by atoms with Crippen LogP contribution in [-0.4, -0.2) is 29.4 Å². The minimum atomic E-state index is -0.249. The molecule has 19 heavy (non-hydrogen) atoms. The average Bonchev–Trinajstić information content (AvgIpc) is 2.41. The lowest BCUT2D eigenvalue weighted by Gasteiger charge is -2.16. The first-order valence-corrected chi connectivity index (χ1v) is 6.87. The molecule has 1 aromatic rings. The second-order valence-corrected chi connectivity index (χ2v) is 5.26. The number of anilines is 1. The first-order valence-electron chi connectivity index (χ1n) is 6.49. The van der Waals surface area contributed by atoms with Crippen molar-refractivity contribution >= 4 is 17.3 Å². The third-order valence-electron chi connectivity index (χ3n) is 3.10. The van der Waals surface area contributed by atoms with Gasteiger partial charge in [-0.1, -0.05) is 23.3 Å². The third kappa shape index (κ3) is 3.36. The highest BCUT2D eigenvalue weighted by Gasteiger charge is 2.11. The van der Waals surface area contributed by atoms with Gasteiger partial charge in [0.05, 0.1) is 17.9 Å². The van der Waals surface area contributed by atoms with Gasteiger partial charge < -0.3 is 10.6 Å². The summed E-state index contributed by atoms with van der Waals surface area (Å²) >= 11 is 6.09. The highest BCUT2D eigenvalue weighted by atomic mass is 35.5. The Balaban J connectivity index is 2.11. The number of nitrogens with zero attached hydrogens (tertiary/aromatic N) is 2. The molecule has 1 aromatic heterocycles. The summed E-state index contributed by atoms with van der Waals surface area (Å²) in [6.07, 6.45) is 4.79. The van der Waals surface area contributed by atoms with Crippen molar-refractivity contribution in [3.8, 4) is 0 Å². The molecule has 0 unspecified atom stereocenters. The van der Waals surface area contributed by atoms with E-state index in [9.17, 15) is 4.79 Å². The van der Waals surface area contributed by atoms with Gasteiger partial charge in [0.25, 0.3) is 5.56 Å². The lowest BCUT2D eigenvalue weighted by atomic mass is 10.1. The maximum Gasteiger partial charge on any atom is 0.287 e. The van der Waals surface area contributed by atoms with Crippen LogP contribution < -0.4 is 16.2 Å². The van der Waals surface area contributed by atoms with Gasteiger partial charge in [0.2, 0.25) is 0 Å². The van der Waals surface area contributed by atoms with Crippen molar-refractivity contribution in [1.82, 2.24) is 15.1 Å². The van der Waals surface area contributed by atoms with E-state index in [1.807, 2.05) is 13.8 Å². The van der Waals surface area contributed by atoms with Gasteiger partial charge in [0, 0.05) is 13.1 Å². The first-order chi connectivity index (χ1) is 9.09. The van der Waals surface area contributed by atoms with Crippen molar-refractivity contribution < 1.29 is 0 Å². The lowest BCUT2D eigenvalue weighted by molar-refractivity contribution is 0.503. The Bertz CT molecular complexity index is 536. The predicted molar refractivity (Wildman–Crippen MR) is 78.0 cm³/mol. The van der Waals surface area contributed by atoms with Crippen molar-refractivity contribution in [1.29, 1.82) is 0 Å². The maximum absolute atomic E-state index is 12.0. The SMILES string of the molecule is CC(C)n1ncc(NCC2=CCNCC2)c(Cl)c1=O. The molecule has 0 saturated carbocycles. The Hall–Kier alpha value is -1.33. The monoisotopic (exact) mass is 282 g/mol. The van der Waals surface area contributed by atoms with Gasteiger partial charge in [-0.05, 0) is 26.8 Å². The number of hydrogen-bond donors (Lipinski definition) is 2. The standard InChI is InChI=1S/C13H19ClN4O/c1-9(2)18-13(19)12(14)11(8-17-18)16-7-10-3-5-15-6-4-10/h3,8-9,15-16H,4-7H2,1-2H3. The fourth-order valence-corrected chi connectivity index (χ4v) is 2.18. The van der Waals surface area contributed by atoms with Crippen LogP contribution in [0, 0.1) is 0 Å². The van der Waals surface area contributed by atoms with Crippen molar-refractivity contribution in [3.05, 3.63) is 33.2 Å². The van der Waals surface area contributed by atoms with Gasteiger partial charge in [-0.15, -0.1) is 0 Å². The average molecular weight is 283 g/mol. The number of aromatic nitrogens is 2. The van der Waals surface area contributed by atoms with Crippen LogP contribution >= 0.6 is 11.6 Å². The number of rotatable bonds is 4. The number of hydrogen-bond acceptors (Lipinski definition) is 4. The van der Waals surface area contributed by atoms with Crippen molar-refractivity contribution in [3.63, 3.8) is 0 Å².